The third-order valence-corrected chi connectivity index (χ3v) is 3.18. The van der Waals surface area contributed by atoms with Gasteiger partial charge in [-0.05, 0) is 36.2 Å². The van der Waals surface area contributed by atoms with Crippen molar-refractivity contribution in [3.63, 3.8) is 0 Å². The van der Waals surface area contributed by atoms with Crippen LogP contribution in [0.2, 0.25) is 0 Å². The zero-order valence-electron chi connectivity index (χ0n) is 10.2. The standard InChI is InChI=1S/C15H16BrNO/c1-11-7-13(16)9-14(8-11)17-10-15(18)12-5-3-2-4-6-12/h2-9,15,17-18H,10H2,1H3. The van der Waals surface area contributed by atoms with Crippen molar-refractivity contribution in [3.8, 4) is 0 Å². The van der Waals surface area contributed by atoms with Crippen molar-refractivity contribution < 1.29 is 5.11 Å². The highest BCUT2D eigenvalue weighted by molar-refractivity contribution is 9.10. The van der Waals surface area contributed by atoms with Crippen LogP contribution >= 0.6 is 15.9 Å². The fourth-order valence-corrected chi connectivity index (χ4v) is 2.45. The van der Waals surface area contributed by atoms with E-state index in [1.807, 2.05) is 43.3 Å². The Balaban J connectivity index is 1.99. The first-order chi connectivity index (χ1) is 8.65. The van der Waals surface area contributed by atoms with Crippen LogP contribution in [0.5, 0.6) is 0 Å². The Hall–Kier alpha value is -1.32. The fourth-order valence-electron chi connectivity index (χ4n) is 1.85. The molecule has 18 heavy (non-hydrogen) atoms. The smallest absolute Gasteiger partial charge is 0.0962 e. The van der Waals surface area contributed by atoms with Gasteiger partial charge in [-0.15, -0.1) is 0 Å². The second-order valence-corrected chi connectivity index (χ2v) is 5.24. The zero-order chi connectivity index (χ0) is 13.0. The van der Waals surface area contributed by atoms with E-state index >= 15 is 0 Å². The molecule has 94 valence electrons. The van der Waals surface area contributed by atoms with Crippen LogP contribution in [-0.2, 0) is 0 Å². The second kappa shape index (κ2) is 6.03. The highest BCUT2D eigenvalue weighted by atomic mass is 79.9. The van der Waals surface area contributed by atoms with Gasteiger partial charge in [0.05, 0.1) is 6.10 Å². The largest absolute Gasteiger partial charge is 0.387 e. The van der Waals surface area contributed by atoms with Gasteiger partial charge in [0, 0.05) is 16.7 Å². The molecular formula is C15H16BrNO. The van der Waals surface area contributed by atoms with Crippen LogP contribution in [0.25, 0.3) is 0 Å². The SMILES string of the molecule is Cc1cc(Br)cc(NCC(O)c2ccccc2)c1. The fraction of sp³-hybridized carbons (Fsp3) is 0.200. The summed E-state index contributed by atoms with van der Waals surface area (Å²) in [6, 6.07) is 15.8. The molecule has 0 spiro atoms. The Morgan fingerprint density at radius 2 is 1.89 bits per heavy atom. The first-order valence-corrected chi connectivity index (χ1v) is 6.68. The van der Waals surface area contributed by atoms with Crippen LogP contribution in [0.3, 0.4) is 0 Å². The molecule has 2 nitrogen and oxygen atoms in total. The highest BCUT2D eigenvalue weighted by Crippen LogP contribution is 2.20. The lowest BCUT2D eigenvalue weighted by Crippen LogP contribution is -2.12. The first-order valence-electron chi connectivity index (χ1n) is 5.89. The van der Waals surface area contributed by atoms with Crippen molar-refractivity contribution in [2.75, 3.05) is 11.9 Å². The van der Waals surface area contributed by atoms with Gasteiger partial charge in [-0.2, -0.15) is 0 Å². The van der Waals surface area contributed by atoms with Gasteiger partial charge < -0.3 is 10.4 Å². The number of halogens is 1. The van der Waals surface area contributed by atoms with Crippen LogP contribution in [0.4, 0.5) is 5.69 Å². The van der Waals surface area contributed by atoms with E-state index in [9.17, 15) is 5.11 Å². The normalized spacial score (nSPS) is 12.2. The van der Waals surface area contributed by atoms with E-state index in [0.717, 1.165) is 15.7 Å². The van der Waals surface area contributed by atoms with Gasteiger partial charge in [-0.3, -0.25) is 0 Å². The molecule has 0 heterocycles. The lowest BCUT2D eigenvalue weighted by atomic mass is 10.1. The summed E-state index contributed by atoms with van der Waals surface area (Å²) in [4.78, 5) is 0. The summed E-state index contributed by atoms with van der Waals surface area (Å²) in [7, 11) is 0. The van der Waals surface area contributed by atoms with Crippen molar-refractivity contribution in [3.05, 3.63) is 64.1 Å². The van der Waals surface area contributed by atoms with Crippen molar-refractivity contribution in [1.29, 1.82) is 0 Å². The van der Waals surface area contributed by atoms with Crippen molar-refractivity contribution in [2.24, 2.45) is 0 Å². The molecule has 0 aliphatic heterocycles. The molecule has 0 saturated carbocycles. The second-order valence-electron chi connectivity index (χ2n) is 4.32. The molecule has 0 aliphatic rings. The summed E-state index contributed by atoms with van der Waals surface area (Å²) in [6.45, 7) is 2.55. The van der Waals surface area contributed by atoms with Gasteiger partial charge in [-0.25, -0.2) is 0 Å². The van der Waals surface area contributed by atoms with E-state index in [-0.39, 0.29) is 0 Å². The van der Waals surface area contributed by atoms with E-state index < -0.39 is 6.10 Å². The molecule has 2 rings (SSSR count). The Kier molecular flexibility index (Phi) is 4.39. The lowest BCUT2D eigenvalue weighted by molar-refractivity contribution is 0.191. The van der Waals surface area contributed by atoms with Gasteiger partial charge >= 0.3 is 0 Å². The molecule has 2 aromatic rings. The number of hydrogen-bond donors (Lipinski definition) is 2. The van der Waals surface area contributed by atoms with Crippen LogP contribution in [0.1, 0.15) is 17.2 Å². The highest BCUT2D eigenvalue weighted by Gasteiger charge is 2.06. The molecule has 0 fully saturated rings. The summed E-state index contributed by atoms with van der Waals surface area (Å²) in [5, 5.41) is 13.3. The minimum Gasteiger partial charge on any atom is -0.387 e. The number of aliphatic hydroxyl groups excluding tert-OH is 1. The number of hydrogen-bond acceptors (Lipinski definition) is 2. The van der Waals surface area contributed by atoms with Gasteiger partial charge in [0.1, 0.15) is 0 Å². The Bertz CT molecular complexity index is 493. The molecule has 0 saturated heterocycles. The van der Waals surface area contributed by atoms with Gasteiger partial charge in [0.2, 0.25) is 0 Å². The van der Waals surface area contributed by atoms with E-state index in [0.29, 0.717) is 6.54 Å². The first kappa shape index (κ1) is 13.1. The van der Waals surface area contributed by atoms with Crippen molar-refractivity contribution >= 4 is 21.6 Å². The Labute approximate surface area is 116 Å². The maximum Gasteiger partial charge on any atom is 0.0962 e. The van der Waals surface area contributed by atoms with Gasteiger partial charge in [0.15, 0.2) is 0 Å². The molecule has 1 atom stereocenters. The maximum absolute atomic E-state index is 10.0. The lowest BCUT2D eigenvalue weighted by Gasteiger charge is -2.13. The summed E-state index contributed by atoms with van der Waals surface area (Å²) >= 11 is 3.46. The quantitative estimate of drug-likeness (QED) is 0.898. The molecule has 0 aliphatic carbocycles. The average molecular weight is 306 g/mol. The van der Waals surface area contributed by atoms with Crippen LogP contribution in [-0.4, -0.2) is 11.7 Å². The molecule has 1 unspecified atom stereocenters. The molecule has 0 aromatic heterocycles. The number of nitrogens with one attached hydrogen (secondary N) is 1. The molecular weight excluding hydrogens is 290 g/mol. The summed E-state index contributed by atoms with van der Waals surface area (Å²) < 4.78 is 1.04. The minimum absolute atomic E-state index is 0.495. The van der Waals surface area contributed by atoms with Gasteiger partial charge in [-0.1, -0.05) is 46.3 Å². The number of benzene rings is 2. The van der Waals surface area contributed by atoms with E-state index in [1.165, 1.54) is 5.56 Å². The van der Waals surface area contributed by atoms with Crippen molar-refractivity contribution in [1.82, 2.24) is 0 Å². The number of aryl methyl sites for hydroxylation is 1. The number of anilines is 1. The van der Waals surface area contributed by atoms with E-state index in [4.69, 9.17) is 0 Å². The molecule has 0 amide bonds. The minimum atomic E-state index is -0.495. The molecule has 2 aromatic carbocycles. The van der Waals surface area contributed by atoms with E-state index in [1.54, 1.807) is 0 Å². The predicted molar refractivity (Wildman–Crippen MR) is 78.8 cm³/mol. The number of rotatable bonds is 4. The molecule has 0 bridgehead atoms. The van der Waals surface area contributed by atoms with E-state index in [2.05, 4.69) is 33.4 Å². The van der Waals surface area contributed by atoms with Crippen molar-refractivity contribution in [2.45, 2.75) is 13.0 Å². The molecule has 3 heteroatoms. The third kappa shape index (κ3) is 3.59. The third-order valence-electron chi connectivity index (χ3n) is 2.73. The molecule has 2 N–H and O–H groups in total. The summed E-state index contributed by atoms with van der Waals surface area (Å²) in [6.07, 6.45) is -0.495. The van der Waals surface area contributed by atoms with Crippen LogP contribution in [0.15, 0.2) is 53.0 Å². The van der Waals surface area contributed by atoms with Crippen LogP contribution < -0.4 is 5.32 Å². The summed E-state index contributed by atoms with van der Waals surface area (Å²) in [5.41, 5.74) is 3.12. The van der Waals surface area contributed by atoms with Crippen LogP contribution in [0, 0.1) is 6.92 Å². The Morgan fingerprint density at radius 1 is 1.17 bits per heavy atom. The Morgan fingerprint density at radius 3 is 2.56 bits per heavy atom. The number of aliphatic hydroxyl groups is 1. The summed E-state index contributed by atoms with van der Waals surface area (Å²) in [5.74, 6) is 0. The topological polar surface area (TPSA) is 32.3 Å². The zero-order valence-corrected chi connectivity index (χ0v) is 11.8. The monoisotopic (exact) mass is 305 g/mol. The van der Waals surface area contributed by atoms with Gasteiger partial charge in [0.25, 0.3) is 0 Å². The predicted octanol–water partition coefficient (Wildman–Crippen LogP) is 3.90. The average Bonchev–Trinajstić information content (AvgIpc) is 2.36. The molecule has 0 radical (unpaired) electrons. The maximum atomic E-state index is 10.0.